The summed E-state index contributed by atoms with van der Waals surface area (Å²) in [6.45, 7) is 0.585. The van der Waals surface area contributed by atoms with Gasteiger partial charge in [-0.15, -0.1) is 0 Å². The van der Waals surface area contributed by atoms with Crippen LogP contribution in [0.4, 0.5) is 5.82 Å². The second kappa shape index (κ2) is 7.25. The SMILES string of the molecule is CNC(=O)c1ccc(CNc2cc(-c3ccccc3)nc3ncnn23)cc1. The molecule has 27 heavy (non-hydrogen) atoms. The fraction of sp³-hybridized carbons (Fsp3) is 0.100. The number of anilines is 1. The summed E-state index contributed by atoms with van der Waals surface area (Å²) in [5.41, 5.74) is 3.53. The maximum Gasteiger partial charge on any atom is 0.254 e. The third-order valence-corrected chi connectivity index (χ3v) is 4.24. The fourth-order valence-electron chi connectivity index (χ4n) is 2.81. The number of hydrogen-bond acceptors (Lipinski definition) is 5. The van der Waals surface area contributed by atoms with Crippen LogP contribution in [0.1, 0.15) is 15.9 Å². The number of carbonyl (C=O) groups excluding carboxylic acids is 1. The molecule has 0 spiro atoms. The molecule has 0 aliphatic heterocycles. The van der Waals surface area contributed by atoms with Gasteiger partial charge >= 0.3 is 0 Å². The number of rotatable bonds is 5. The number of carbonyl (C=O) groups is 1. The normalized spacial score (nSPS) is 10.7. The third-order valence-electron chi connectivity index (χ3n) is 4.24. The molecule has 4 aromatic rings. The Hall–Kier alpha value is -3.74. The summed E-state index contributed by atoms with van der Waals surface area (Å²) < 4.78 is 1.67. The van der Waals surface area contributed by atoms with Crippen LogP contribution in [0.15, 0.2) is 67.0 Å². The molecular formula is C20H18N6O. The van der Waals surface area contributed by atoms with Crippen molar-refractivity contribution in [2.24, 2.45) is 0 Å². The van der Waals surface area contributed by atoms with Gasteiger partial charge in [0, 0.05) is 30.8 Å². The van der Waals surface area contributed by atoms with E-state index in [1.54, 1.807) is 11.6 Å². The topological polar surface area (TPSA) is 84.2 Å². The van der Waals surface area contributed by atoms with Crippen molar-refractivity contribution in [2.45, 2.75) is 6.54 Å². The Morgan fingerprint density at radius 2 is 1.85 bits per heavy atom. The highest BCUT2D eigenvalue weighted by atomic mass is 16.1. The summed E-state index contributed by atoms with van der Waals surface area (Å²) in [6.07, 6.45) is 1.49. The Morgan fingerprint density at radius 3 is 2.59 bits per heavy atom. The number of nitrogens with zero attached hydrogens (tertiary/aromatic N) is 4. The van der Waals surface area contributed by atoms with Crippen molar-refractivity contribution in [3.8, 4) is 11.3 Å². The zero-order valence-corrected chi connectivity index (χ0v) is 14.8. The molecule has 4 rings (SSSR count). The molecule has 2 aromatic carbocycles. The first-order valence-electron chi connectivity index (χ1n) is 8.56. The summed E-state index contributed by atoms with van der Waals surface area (Å²) in [5.74, 6) is 1.24. The van der Waals surface area contributed by atoms with E-state index in [1.165, 1.54) is 6.33 Å². The number of amides is 1. The molecule has 134 valence electrons. The van der Waals surface area contributed by atoms with Crippen LogP contribution in [-0.2, 0) is 6.54 Å². The van der Waals surface area contributed by atoms with Crippen LogP contribution >= 0.6 is 0 Å². The molecule has 0 saturated carbocycles. The highest BCUT2D eigenvalue weighted by Crippen LogP contribution is 2.21. The molecule has 0 aliphatic carbocycles. The van der Waals surface area contributed by atoms with Gasteiger partial charge < -0.3 is 10.6 Å². The number of fused-ring (bicyclic) bond motifs is 1. The number of nitrogens with one attached hydrogen (secondary N) is 2. The van der Waals surface area contributed by atoms with Gasteiger partial charge in [-0.25, -0.2) is 4.98 Å². The Balaban J connectivity index is 1.60. The second-order valence-electron chi connectivity index (χ2n) is 5.99. The molecule has 0 aliphatic rings. The monoisotopic (exact) mass is 358 g/mol. The van der Waals surface area contributed by atoms with Crippen molar-refractivity contribution < 1.29 is 4.79 Å². The van der Waals surface area contributed by atoms with Crippen LogP contribution in [-0.4, -0.2) is 32.5 Å². The summed E-state index contributed by atoms with van der Waals surface area (Å²) in [7, 11) is 1.62. The highest BCUT2D eigenvalue weighted by molar-refractivity contribution is 5.93. The number of aromatic nitrogens is 4. The van der Waals surface area contributed by atoms with Gasteiger partial charge in [-0.05, 0) is 17.7 Å². The standard InChI is InChI=1S/C20H18N6O/c1-21-19(27)16-9-7-14(8-10-16)12-22-18-11-17(15-5-3-2-4-6-15)25-20-23-13-24-26(18)20/h2-11,13,22H,12H2,1H3,(H,21,27). The lowest BCUT2D eigenvalue weighted by atomic mass is 10.1. The molecule has 2 N–H and O–H groups in total. The number of hydrogen-bond donors (Lipinski definition) is 2. The lowest BCUT2D eigenvalue weighted by Crippen LogP contribution is -2.17. The largest absolute Gasteiger partial charge is 0.366 e. The zero-order chi connectivity index (χ0) is 18.6. The molecule has 7 heteroatoms. The van der Waals surface area contributed by atoms with Gasteiger partial charge in [0.1, 0.15) is 12.1 Å². The van der Waals surface area contributed by atoms with Gasteiger partial charge in [0.2, 0.25) is 0 Å². The van der Waals surface area contributed by atoms with E-state index in [4.69, 9.17) is 0 Å². The first kappa shape index (κ1) is 16.7. The summed E-state index contributed by atoms with van der Waals surface area (Å²) in [4.78, 5) is 20.4. The van der Waals surface area contributed by atoms with Gasteiger partial charge in [-0.2, -0.15) is 14.6 Å². The van der Waals surface area contributed by atoms with Gasteiger partial charge in [0.25, 0.3) is 11.7 Å². The van der Waals surface area contributed by atoms with E-state index in [0.717, 1.165) is 22.6 Å². The first-order chi connectivity index (χ1) is 13.2. The molecule has 7 nitrogen and oxygen atoms in total. The van der Waals surface area contributed by atoms with Crippen LogP contribution in [0.2, 0.25) is 0 Å². The van der Waals surface area contributed by atoms with Crippen LogP contribution in [0.25, 0.3) is 17.0 Å². The van der Waals surface area contributed by atoms with Crippen LogP contribution < -0.4 is 10.6 Å². The van der Waals surface area contributed by atoms with Crippen LogP contribution in [0.3, 0.4) is 0 Å². The number of benzene rings is 2. The molecular weight excluding hydrogens is 340 g/mol. The average Bonchev–Trinajstić information content (AvgIpc) is 3.21. The van der Waals surface area contributed by atoms with E-state index < -0.39 is 0 Å². The third kappa shape index (κ3) is 3.48. The zero-order valence-electron chi connectivity index (χ0n) is 14.8. The molecule has 1 amide bonds. The average molecular weight is 358 g/mol. The van der Waals surface area contributed by atoms with Crippen molar-refractivity contribution in [1.82, 2.24) is 24.9 Å². The smallest absolute Gasteiger partial charge is 0.254 e. The van der Waals surface area contributed by atoms with E-state index in [2.05, 4.69) is 25.7 Å². The van der Waals surface area contributed by atoms with E-state index in [1.807, 2.05) is 60.7 Å². The predicted octanol–water partition coefficient (Wildman–Crippen LogP) is 2.76. The minimum atomic E-state index is -0.0968. The summed E-state index contributed by atoms with van der Waals surface area (Å²) in [6, 6.07) is 19.4. The van der Waals surface area contributed by atoms with Gasteiger partial charge in [0.15, 0.2) is 0 Å². The van der Waals surface area contributed by atoms with Crippen molar-refractivity contribution in [3.63, 3.8) is 0 Å². The van der Waals surface area contributed by atoms with Crippen LogP contribution in [0, 0.1) is 0 Å². The van der Waals surface area contributed by atoms with Crippen LogP contribution in [0.5, 0.6) is 0 Å². The van der Waals surface area contributed by atoms with Crippen molar-refractivity contribution >= 4 is 17.5 Å². The molecule has 0 atom stereocenters. The van der Waals surface area contributed by atoms with Crippen molar-refractivity contribution in [3.05, 3.63) is 78.1 Å². The van der Waals surface area contributed by atoms with E-state index in [-0.39, 0.29) is 5.91 Å². The van der Waals surface area contributed by atoms with Crippen molar-refractivity contribution in [2.75, 3.05) is 12.4 Å². The molecule has 0 unspecified atom stereocenters. The molecule has 2 aromatic heterocycles. The molecule has 0 fully saturated rings. The molecule has 0 saturated heterocycles. The van der Waals surface area contributed by atoms with Gasteiger partial charge in [-0.1, -0.05) is 42.5 Å². The quantitative estimate of drug-likeness (QED) is 0.573. The van der Waals surface area contributed by atoms with Gasteiger partial charge in [0.05, 0.1) is 5.69 Å². The lowest BCUT2D eigenvalue weighted by molar-refractivity contribution is 0.0963. The maximum absolute atomic E-state index is 11.6. The molecule has 0 radical (unpaired) electrons. The Morgan fingerprint density at radius 1 is 1.07 bits per heavy atom. The van der Waals surface area contributed by atoms with E-state index >= 15 is 0 Å². The first-order valence-corrected chi connectivity index (χ1v) is 8.56. The minimum absolute atomic E-state index is 0.0968. The Kier molecular flexibility index (Phi) is 4.49. The Labute approximate surface area is 156 Å². The molecule has 0 bridgehead atoms. The predicted molar refractivity (Wildman–Crippen MR) is 103 cm³/mol. The van der Waals surface area contributed by atoms with E-state index in [0.29, 0.717) is 17.9 Å². The minimum Gasteiger partial charge on any atom is -0.366 e. The van der Waals surface area contributed by atoms with E-state index in [9.17, 15) is 4.79 Å². The van der Waals surface area contributed by atoms with Gasteiger partial charge in [-0.3, -0.25) is 4.79 Å². The maximum atomic E-state index is 11.6. The second-order valence-corrected chi connectivity index (χ2v) is 5.99. The summed E-state index contributed by atoms with van der Waals surface area (Å²) in [5, 5.41) is 10.2. The summed E-state index contributed by atoms with van der Waals surface area (Å²) >= 11 is 0. The Bertz CT molecular complexity index is 1070. The fourth-order valence-corrected chi connectivity index (χ4v) is 2.81. The van der Waals surface area contributed by atoms with Crippen molar-refractivity contribution in [1.29, 1.82) is 0 Å². The highest BCUT2D eigenvalue weighted by Gasteiger charge is 2.09. The molecule has 2 heterocycles. The lowest BCUT2D eigenvalue weighted by Gasteiger charge is -2.10.